The van der Waals surface area contributed by atoms with Gasteiger partial charge in [-0.2, -0.15) is 46.7 Å². The Morgan fingerprint density at radius 3 is 1.00 bits per heavy atom. The lowest BCUT2D eigenvalue weighted by Gasteiger charge is -2.35. The maximum Gasteiger partial charge on any atom is 0.417 e. The molecule has 0 bridgehead atoms. The quantitative estimate of drug-likeness (QED) is 0.0276. The van der Waals surface area contributed by atoms with Gasteiger partial charge in [0.25, 0.3) is 0 Å². The van der Waals surface area contributed by atoms with E-state index in [1.165, 1.54) is 78.6 Å². The highest BCUT2D eigenvalue weighted by atomic mass is 19.4. The maximum atomic E-state index is 13.8. The van der Waals surface area contributed by atoms with Gasteiger partial charge in [-0.25, -0.2) is 57.8 Å². The molecule has 0 unspecified atom stereocenters. The predicted molar refractivity (Wildman–Crippen MR) is 501 cm³/mol. The summed E-state index contributed by atoms with van der Waals surface area (Å²) in [7, 11) is 0. The highest BCUT2D eigenvalue weighted by Crippen LogP contribution is 2.46. The summed E-state index contributed by atoms with van der Waals surface area (Å²) in [4.78, 5) is 131. The molecule has 0 N–H and O–H groups in total. The number of carbonyl (C=O) groups excluding carboxylic acids is 8. The lowest BCUT2D eigenvalue weighted by molar-refractivity contribution is -0.139. The molecule has 0 spiro atoms. The number of alkyl halides is 6. The number of piperazine rings is 4. The molecule has 1 aliphatic carbocycles. The van der Waals surface area contributed by atoms with E-state index in [-0.39, 0.29) is 102 Å². The predicted octanol–water partition coefficient (Wildman–Crippen LogP) is 10.9. The minimum Gasteiger partial charge on any atom is -0.457 e. The second kappa shape index (κ2) is 43.5. The fourth-order valence-corrected chi connectivity index (χ4v) is 19.4. The van der Waals surface area contributed by atoms with Gasteiger partial charge in [-0.1, -0.05) is 79.7 Å². The Balaban J connectivity index is 0.000000124. The molecule has 4 saturated heterocycles. The van der Waals surface area contributed by atoms with Crippen LogP contribution in [0.15, 0.2) is 196 Å². The third-order valence-electron chi connectivity index (χ3n) is 27.5. The lowest BCUT2D eigenvalue weighted by atomic mass is 9.92. The van der Waals surface area contributed by atoms with Crippen LogP contribution in [-0.2, 0) is 135 Å². The average molecular weight is 1930 g/mol. The summed E-state index contributed by atoms with van der Waals surface area (Å²) in [5.41, 5.74) is 15.5. The van der Waals surface area contributed by atoms with Gasteiger partial charge in [-0.05, 0) is 179 Å². The minimum absolute atomic E-state index is 0.00324. The number of aromatic nitrogens is 12. The van der Waals surface area contributed by atoms with Crippen LogP contribution in [0, 0.1) is 0 Å². The summed E-state index contributed by atoms with van der Waals surface area (Å²) in [6.07, 6.45) is 10.3. The number of esters is 4. The van der Waals surface area contributed by atoms with Crippen LogP contribution in [0.1, 0.15) is 156 Å². The van der Waals surface area contributed by atoms with Gasteiger partial charge in [0.05, 0.1) is 81.8 Å². The highest BCUT2D eigenvalue weighted by Gasteiger charge is 2.42. The smallest absolute Gasteiger partial charge is 0.417 e. The van der Waals surface area contributed by atoms with Crippen LogP contribution in [0.5, 0.6) is 0 Å². The van der Waals surface area contributed by atoms with Gasteiger partial charge in [0, 0.05) is 153 Å². The molecule has 12 heterocycles. The fourth-order valence-electron chi connectivity index (χ4n) is 19.4. The second-order valence-electron chi connectivity index (χ2n) is 36.2. The number of hydrogen-bond donors (Lipinski definition) is 0. The largest absolute Gasteiger partial charge is 0.457 e. The number of fused-ring (bicyclic) bond motifs is 4. The van der Waals surface area contributed by atoms with Crippen molar-refractivity contribution in [2.75, 3.05) is 131 Å². The number of cyclic esters (lactones) is 4. The third-order valence-corrected chi connectivity index (χ3v) is 27.5. The van der Waals surface area contributed by atoms with Crippen LogP contribution < -0.4 is 0 Å². The molecule has 4 amide bonds. The number of benzene rings is 8. The Morgan fingerprint density at radius 2 is 0.652 bits per heavy atom. The number of nitrogens with zero attached hydrogens (tertiary/aromatic N) is 20. The molecule has 1 saturated carbocycles. The van der Waals surface area contributed by atoms with E-state index in [1.54, 1.807) is 53.8 Å². The summed E-state index contributed by atoms with van der Waals surface area (Å²) in [6, 6.07) is 44.1. The summed E-state index contributed by atoms with van der Waals surface area (Å²) in [5, 5.41) is 16.4. The Morgan fingerprint density at radius 1 is 0.340 bits per heavy atom. The zero-order chi connectivity index (χ0) is 97.8. The third kappa shape index (κ3) is 23.5. The zero-order valence-corrected chi connectivity index (χ0v) is 77.9. The monoisotopic (exact) mass is 1930 g/mol. The molecule has 4 aromatic heterocycles. The van der Waals surface area contributed by atoms with E-state index in [2.05, 4.69) is 79.0 Å². The van der Waals surface area contributed by atoms with Gasteiger partial charge in [-0.3, -0.25) is 38.8 Å². The summed E-state index contributed by atoms with van der Waals surface area (Å²) in [6.45, 7) is 16.4. The second-order valence-corrected chi connectivity index (χ2v) is 36.2. The number of rotatable bonds is 26. The molecular weight excluding hydrogens is 1820 g/mol. The van der Waals surface area contributed by atoms with Crippen LogP contribution >= 0.6 is 0 Å². The standard InChI is InChI=1S/C27H29N5O3.C26H29N5O3.2C25H24F3N5O3/c33-25(15-19-1-6-22(7-2-19)32-18-28-17-29-32)31-13-11-30(12-14-31)10-9-21-5-8-23-24(16-35-27(23)34)26(21)20-3-4-20;1-2-22-20(5-8-23-24(22)16-34-26(23)33)9-10-29-11-13-30(14-12-29)25(32)15-19-3-6-21(7-4-19)31-18-27-17-28-31;26-25(27,28)23-18(3-6-20-21(23)14-36-24(20)35)7-8-31-9-11-32(12-10-31)22(34)13-17-1-4-19(5-2-17)33-16-29-15-30-33;26-25(27,28)22-13-21-19(14-36-24(21)35)12-18(22)5-6-31-7-9-32(10-8-31)23(34)11-17-1-3-20(4-2-17)33-16-29-15-30-33/h1-2,5-8,17-18,20H,3-4,9-16H2;3-8,17-18H,2,9-16H2,1H3;1-6,15-16H,7-14H2;1-4,12-13,15-16H,5-11,14H2. The van der Waals surface area contributed by atoms with E-state index < -0.39 is 35.4 Å². The van der Waals surface area contributed by atoms with E-state index in [9.17, 15) is 64.7 Å². The van der Waals surface area contributed by atoms with Crippen molar-refractivity contribution in [1.29, 1.82) is 0 Å². The first-order valence-corrected chi connectivity index (χ1v) is 47.5. The SMILES string of the molecule is CCc1c(CCN2CCN(C(=O)Cc3ccc(-n4cncn4)cc3)CC2)ccc2c1COC2=O.O=C1OCc2c1ccc(CCN1CCN(C(=O)Cc3ccc(-n4cncn4)cc3)CC1)c2C(F)(F)F.O=C1OCc2c1ccc(CCN1CCN(C(=O)Cc3ccc(-n4cncn4)cc3)CC1)c2C1CC1.O=C1OCc2cc(CCN3CCN(C(=O)Cc4ccc(-n5cncn5)cc4)CC3)c(C(F)(F)F)cc21. The van der Waals surface area contributed by atoms with Crippen LogP contribution in [-0.4, -0.2) is 277 Å². The topological polar surface area (TPSA) is 322 Å². The minimum atomic E-state index is -4.56. The van der Waals surface area contributed by atoms with Crippen molar-refractivity contribution in [2.45, 2.75) is 122 Å². The molecule has 0 radical (unpaired) electrons. The Labute approximate surface area is 808 Å². The van der Waals surface area contributed by atoms with Crippen LogP contribution in [0.25, 0.3) is 22.7 Å². The number of carbonyl (C=O) groups is 8. The summed E-state index contributed by atoms with van der Waals surface area (Å²) < 4.78 is 109. The number of halogens is 6. The van der Waals surface area contributed by atoms with Gasteiger partial charge in [0.15, 0.2) is 0 Å². The molecule has 21 rings (SSSR count). The molecule has 8 aromatic carbocycles. The molecule has 141 heavy (non-hydrogen) atoms. The van der Waals surface area contributed by atoms with Crippen molar-refractivity contribution in [2.24, 2.45) is 0 Å². The van der Waals surface area contributed by atoms with E-state index in [4.69, 9.17) is 18.9 Å². The van der Waals surface area contributed by atoms with Crippen LogP contribution in [0.4, 0.5) is 26.3 Å². The average Bonchev–Trinajstić information content (AvgIpc) is 1.63. The van der Waals surface area contributed by atoms with Crippen LogP contribution in [0.3, 0.4) is 0 Å². The van der Waals surface area contributed by atoms with Gasteiger partial charge in [-0.15, -0.1) is 0 Å². The summed E-state index contributed by atoms with van der Waals surface area (Å²) in [5.74, 6) is -0.834. The van der Waals surface area contributed by atoms with Crippen molar-refractivity contribution in [3.8, 4) is 22.7 Å². The first-order chi connectivity index (χ1) is 68.3. The normalized spacial score (nSPS) is 16.6. The molecule has 32 nitrogen and oxygen atoms in total. The molecule has 8 aliphatic heterocycles. The zero-order valence-electron chi connectivity index (χ0n) is 77.9. The molecule has 5 fully saturated rings. The Kier molecular flexibility index (Phi) is 29.8. The van der Waals surface area contributed by atoms with Gasteiger partial charge in [0.1, 0.15) is 77.0 Å². The van der Waals surface area contributed by atoms with Crippen molar-refractivity contribution < 1.29 is 83.6 Å². The van der Waals surface area contributed by atoms with Crippen molar-refractivity contribution >= 4 is 47.5 Å². The van der Waals surface area contributed by atoms with E-state index >= 15 is 0 Å². The van der Waals surface area contributed by atoms with Crippen molar-refractivity contribution in [1.82, 2.24) is 98.3 Å². The molecule has 9 aliphatic rings. The first-order valence-electron chi connectivity index (χ1n) is 47.5. The van der Waals surface area contributed by atoms with Gasteiger partial charge in [0.2, 0.25) is 23.6 Å². The summed E-state index contributed by atoms with van der Waals surface area (Å²) >= 11 is 0. The van der Waals surface area contributed by atoms with Crippen molar-refractivity contribution in [3.05, 3.63) is 307 Å². The Hall–Kier alpha value is -14.5. The van der Waals surface area contributed by atoms with E-state index in [1.807, 2.05) is 119 Å². The fraction of sp³-hybridized carbons (Fsp3) is 0.379. The molecular formula is C103H106F6N20O12. The number of hydrogen-bond acceptors (Lipinski definition) is 24. The maximum absolute atomic E-state index is 13.8. The molecule has 0 atom stereocenters. The molecule has 38 heteroatoms. The van der Waals surface area contributed by atoms with Crippen molar-refractivity contribution in [3.63, 3.8) is 0 Å². The first kappa shape index (κ1) is 96.8. The van der Waals surface area contributed by atoms with Gasteiger partial charge < -0.3 is 38.5 Å². The number of amides is 4. The number of ether oxygens (including phenoxy) is 4. The molecule has 12 aromatic rings. The van der Waals surface area contributed by atoms with E-state index in [0.29, 0.717) is 103 Å². The van der Waals surface area contributed by atoms with E-state index in [0.717, 1.165) is 158 Å². The lowest BCUT2D eigenvalue weighted by Crippen LogP contribution is -2.49. The highest BCUT2D eigenvalue weighted by molar-refractivity contribution is 5.96. The molecule has 732 valence electrons. The van der Waals surface area contributed by atoms with Gasteiger partial charge >= 0.3 is 36.2 Å². The van der Waals surface area contributed by atoms with Crippen LogP contribution in [0.2, 0.25) is 0 Å². The Bertz CT molecular complexity index is 6330.